The molecule has 1 aliphatic heterocycles. The van der Waals surface area contributed by atoms with Crippen molar-refractivity contribution < 1.29 is 9.59 Å². The molecule has 162 valence electrons. The second kappa shape index (κ2) is 10.1. The lowest BCUT2D eigenvalue weighted by Crippen LogP contribution is -2.38. The average molecular weight is 430 g/mol. The topological polar surface area (TPSA) is 80.1 Å². The number of piperidine rings is 1. The minimum absolute atomic E-state index is 0.135. The van der Waals surface area contributed by atoms with Crippen LogP contribution in [0.15, 0.2) is 35.5 Å². The van der Waals surface area contributed by atoms with E-state index in [1.165, 1.54) is 11.8 Å². The van der Waals surface area contributed by atoms with Crippen molar-refractivity contribution in [2.75, 3.05) is 18.8 Å². The van der Waals surface area contributed by atoms with E-state index in [0.717, 1.165) is 25.9 Å². The largest absolute Gasteiger partial charge is 0.342 e. The number of carbonyl (C=O) groups excluding carboxylic acids is 2. The second-order valence-electron chi connectivity index (χ2n) is 8.31. The van der Waals surface area contributed by atoms with Crippen molar-refractivity contribution in [1.29, 1.82) is 0 Å². The minimum Gasteiger partial charge on any atom is -0.342 e. The fourth-order valence-corrected chi connectivity index (χ4v) is 4.36. The lowest BCUT2D eigenvalue weighted by atomic mass is 9.99. The normalized spacial score (nSPS) is 16.0. The average Bonchev–Trinajstić information content (AvgIpc) is 3.11. The highest BCUT2D eigenvalue weighted by Gasteiger charge is 2.26. The molecule has 1 fully saturated rings. The Labute approximate surface area is 182 Å². The first-order valence-electron chi connectivity index (χ1n) is 10.5. The van der Waals surface area contributed by atoms with Gasteiger partial charge in [-0.3, -0.25) is 9.59 Å². The Balaban J connectivity index is 1.64. The first-order chi connectivity index (χ1) is 14.4. The van der Waals surface area contributed by atoms with Crippen molar-refractivity contribution in [3.8, 4) is 0 Å². The molecule has 2 heterocycles. The van der Waals surface area contributed by atoms with Crippen molar-refractivity contribution in [2.24, 2.45) is 18.9 Å². The molecular weight excluding hydrogens is 398 g/mol. The Morgan fingerprint density at radius 3 is 2.47 bits per heavy atom. The molecule has 1 aromatic heterocycles. The Morgan fingerprint density at radius 2 is 1.83 bits per heavy atom. The number of hydrogen-bond acceptors (Lipinski definition) is 5. The van der Waals surface area contributed by atoms with Crippen LogP contribution < -0.4 is 5.32 Å². The molecule has 1 N–H and O–H groups in total. The van der Waals surface area contributed by atoms with Crippen LogP contribution in [0.2, 0.25) is 0 Å². The molecule has 0 bridgehead atoms. The van der Waals surface area contributed by atoms with Crippen LogP contribution in [0.25, 0.3) is 0 Å². The number of aromatic nitrogens is 3. The zero-order valence-electron chi connectivity index (χ0n) is 18.2. The molecule has 0 unspecified atom stereocenters. The molecule has 2 amide bonds. The summed E-state index contributed by atoms with van der Waals surface area (Å²) in [6, 6.07) is 8.88. The zero-order valence-corrected chi connectivity index (χ0v) is 19.0. The van der Waals surface area contributed by atoms with Crippen LogP contribution in [0.4, 0.5) is 0 Å². The number of thioether (sulfide) groups is 1. The number of amides is 2. The Morgan fingerprint density at radius 1 is 1.17 bits per heavy atom. The molecule has 30 heavy (non-hydrogen) atoms. The van der Waals surface area contributed by atoms with Crippen molar-refractivity contribution in [3.63, 3.8) is 0 Å². The van der Waals surface area contributed by atoms with E-state index in [4.69, 9.17) is 0 Å². The Bertz CT molecular complexity index is 860. The Kier molecular flexibility index (Phi) is 7.53. The van der Waals surface area contributed by atoms with Gasteiger partial charge in [-0.25, -0.2) is 0 Å². The van der Waals surface area contributed by atoms with E-state index >= 15 is 0 Å². The number of carbonyl (C=O) groups is 2. The number of nitrogens with zero attached hydrogens (tertiary/aromatic N) is 4. The van der Waals surface area contributed by atoms with Gasteiger partial charge in [-0.2, -0.15) is 0 Å². The maximum Gasteiger partial charge on any atom is 0.251 e. The molecule has 1 aromatic carbocycles. The molecule has 7 nitrogen and oxygen atoms in total. The van der Waals surface area contributed by atoms with E-state index in [0.29, 0.717) is 28.2 Å². The highest BCUT2D eigenvalue weighted by Crippen LogP contribution is 2.25. The van der Waals surface area contributed by atoms with Crippen LogP contribution in [0.1, 0.15) is 55.8 Å². The first-order valence-corrected chi connectivity index (χ1v) is 11.5. The summed E-state index contributed by atoms with van der Waals surface area (Å²) in [6.07, 6.45) is 2.14. The van der Waals surface area contributed by atoms with Crippen molar-refractivity contribution in [3.05, 3.63) is 41.7 Å². The minimum atomic E-state index is -0.274. The quantitative estimate of drug-likeness (QED) is 0.683. The van der Waals surface area contributed by atoms with Crippen LogP contribution in [-0.2, 0) is 11.8 Å². The zero-order chi connectivity index (χ0) is 21.7. The third-order valence-corrected chi connectivity index (χ3v) is 6.60. The Hall–Kier alpha value is -2.35. The van der Waals surface area contributed by atoms with E-state index in [2.05, 4.69) is 22.4 Å². The summed E-state index contributed by atoms with van der Waals surface area (Å²) in [4.78, 5) is 27.1. The SMILES string of the molecule is CC1CCN(C(=O)CSc2nnc([C@@H](NC(=O)c3ccccc3)C(C)C)n2C)CC1. The predicted octanol–water partition coefficient (Wildman–Crippen LogP) is 3.29. The van der Waals surface area contributed by atoms with Crippen LogP contribution in [0, 0.1) is 11.8 Å². The van der Waals surface area contributed by atoms with Gasteiger partial charge in [0.25, 0.3) is 5.91 Å². The van der Waals surface area contributed by atoms with E-state index < -0.39 is 0 Å². The maximum atomic E-state index is 12.6. The lowest BCUT2D eigenvalue weighted by Gasteiger charge is -2.30. The fraction of sp³-hybridized carbons (Fsp3) is 0.545. The highest BCUT2D eigenvalue weighted by atomic mass is 32.2. The van der Waals surface area contributed by atoms with Gasteiger partial charge in [0, 0.05) is 25.7 Å². The molecular formula is C22H31N5O2S. The molecule has 0 aliphatic carbocycles. The number of rotatable bonds is 7. The van der Waals surface area contributed by atoms with Gasteiger partial charge in [0.2, 0.25) is 5.91 Å². The second-order valence-corrected chi connectivity index (χ2v) is 9.26. The van der Waals surface area contributed by atoms with Crippen LogP contribution >= 0.6 is 11.8 Å². The van der Waals surface area contributed by atoms with E-state index in [9.17, 15) is 9.59 Å². The van der Waals surface area contributed by atoms with Gasteiger partial charge in [0.1, 0.15) is 0 Å². The summed E-state index contributed by atoms with van der Waals surface area (Å²) in [6.45, 7) is 7.99. The molecule has 0 saturated carbocycles. The van der Waals surface area contributed by atoms with Crippen LogP contribution in [0.3, 0.4) is 0 Å². The van der Waals surface area contributed by atoms with Crippen molar-refractivity contribution in [1.82, 2.24) is 25.0 Å². The van der Waals surface area contributed by atoms with Gasteiger partial charge in [-0.05, 0) is 36.8 Å². The van der Waals surface area contributed by atoms with Gasteiger partial charge >= 0.3 is 0 Å². The van der Waals surface area contributed by atoms with Gasteiger partial charge in [0.15, 0.2) is 11.0 Å². The molecule has 1 saturated heterocycles. The molecule has 8 heteroatoms. The van der Waals surface area contributed by atoms with Gasteiger partial charge < -0.3 is 14.8 Å². The molecule has 1 atom stereocenters. The predicted molar refractivity (Wildman–Crippen MR) is 118 cm³/mol. The first kappa shape index (κ1) is 22.3. The molecule has 2 aromatic rings. The molecule has 1 aliphatic rings. The highest BCUT2D eigenvalue weighted by molar-refractivity contribution is 7.99. The summed E-state index contributed by atoms with van der Waals surface area (Å²) in [5.41, 5.74) is 0.612. The summed E-state index contributed by atoms with van der Waals surface area (Å²) in [5, 5.41) is 12.4. The molecule has 0 radical (unpaired) electrons. The number of nitrogens with one attached hydrogen (secondary N) is 1. The van der Waals surface area contributed by atoms with Crippen molar-refractivity contribution >= 4 is 23.6 Å². The summed E-state index contributed by atoms with van der Waals surface area (Å²) in [7, 11) is 1.88. The van der Waals surface area contributed by atoms with Crippen LogP contribution in [0.5, 0.6) is 0 Å². The van der Waals surface area contributed by atoms with Gasteiger partial charge in [-0.15, -0.1) is 10.2 Å². The third kappa shape index (κ3) is 5.41. The van der Waals surface area contributed by atoms with E-state index in [1.807, 2.05) is 48.6 Å². The van der Waals surface area contributed by atoms with E-state index in [-0.39, 0.29) is 23.8 Å². The summed E-state index contributed by atoms with van der Waals surface area (Å²) >= 11 is 1.40. The fourth-order valence-electron chi connectivity index (χ4n) is 3.54. The van der Waals surface area contributed by atoms with Gasteiger partial charge in [0.05, 0.1) is 11.8 Å². The smallest absolute Gasteiger partial charge is 0.251 e. The van der Waals surface area contributed by atoms with Crippen LogP contribution in [-0.4, -0.2) is 50.3 Å². The number of benzene rings is 1. The van der Waals surface area contributed by atoms with E-state index in [1.54, 1.807) is 12.1 Å². The lowest BCUT2D eigenvalue weighted by molar-refractivity contribution is -0.129. The molecule has 0 spiro atoms. The number of likely N-dealkylation sites (tertiary alicyclic amines) is 1. The summed E-state index contributed by atoms with van der Waals surface area (Å²) in [5.74, 6) is 1.88. The monoisotopic (exact) mass is 429 g/mol. The van der Waals surface area contributed by atoms with Gasteiger partial charge in [-0.1, -0.05) is 50.7 Å². The third-order valence-electron chi connectivity index (χ3n) is 5.60. The summed E-state index contributed by atoms with van der Waals surface area (Å²) < 4.78 is 1.88. The number of hydrogen-bond donors (Lipinski definition) is 1. The maximum absolute atomic E-state index is 12.6. The standard InChI is InChI=1S/C22H31N5O2S/c1-15(2)19(23-21(29)17-8-6-5-7-9-17)20-24-25-22(26(20)4)30-14-18(28)27-12-10-16(3)11-13-27/h5-9,15-16,19H,10-14H2,1-4H3,(H,23,29)/t19-/m0/s1. The molecule has 3 rings (SSSR count). The van der Waals surface area contributed by atoms with Crippen molar-refractivity contribution in [2.45, 2.75) is 44.8 Å².